The monoisotopic (exact) mass is 399 g/mol. The van der Waals surface area contributed by atoms with E-state index in [1.54, 1.807) is 16.9 Å². The first kappa shape index (κ1) is 16.7. The van der Waals surface area contributed by atoms with Crippen molar-refractivity contribution in [3.8, 4) is 22.0 Å². The van der Waals surface area contributed by atoms with Crippen LogP contribution in [-0.4, -0.2) is 35.2 Å². The highest BCUT2D eigenvalue weighted by atomic mass is 32.1. The number of aromatic nitrogens is 7. The first-order valence-electron chi connectivity index (χ1n) is 8.20. The van der Waals surface area contributed by atoms with E-state index in [0.717, 1.165) is 21.5 Å². The molecule has 5 aromatic heterocycles. The number of H-pyrrole nitrogens is 1. The van der Waals surface area contributed by atoms with Crippen molar-refractivity contribution in [2.45, 2.75) is 13.0 Å². The van der Waals surface area contributed by atoms with Crippen LogP contribution >= 0.6 is 11.3 Å². The smallest absolute Gasteiger partial charge is 0.314 e. The molecular weight excluding hydrogens is 388 g/mol. The van der Waals surface area contributed by atoms with Crippen LogP contribution in [0.1, 0.15) is 17.2 Å². The highest BCUT2D eigenvalue weighted by Gasteiger charge is 2.18. The van der Waals surface area contributed by atoms with Gasteiger partial charge in [-0.2, -0.15) is 8.78 Å². The number of fused-ring (bicyclic) bond motifs is 1. The number of nitrogens with zero attached hydrogens (tertiary/aromatic N) is 6. The van der Waals surface area contributed by atoms with Gasteiger partial charge in [-0.15, -0.1) is 26.6 Å². The Morgan fingerprint density at radius 2 is 2.11 bits per heavy atom. The summed E-state index contributed by atoms with van der Waals surface area (Å²) in [6, 6.07) is 7.55. The quantitative estimate of drug-likeness (QED) is 0.481. The lowest BCUT2D eigenvalue weighted by molar-refractivity contribution is 0.116. The molecule has 1 N–H and O–H groups in total. The lowest BCUT2D eigenvalue weighted by Gasteiger charge is -1.97. The Morgan fingerprint density at radius 1 is 1.18 bits per heavy atom. The van der Waals surface area contributed by atoms with Crippen molar-refractivity contribution in [1.29, 1.82) is 0 Å². The molecule has 0 aromatic carbocycles. The van der Waals surface area contributed by atoms with E-state index in [9.17, 15) is 8.78 Å². The number of aromatic amines is 1. The van der Waals surface area contributed by atoms with E-state index < -0.39 is 12.3 Å². The van der Waals surface area contributed by atoms with E-state index in [0.29, 0.717) is 17.1 Å². The van der Waals surface area contributed by atoms with Crippen molar-refractivity contribution in [3.05, 3.63) is 53.6 Å². The molecule has 0 saturated carbocycles. The SMILES string of the molecule is FC(F)c1nnc(-c2ccc(Cn3cc(-c4cnc5[nH]ccc5c4)nn3)s2)o1. The summed E-state index contributed by atoms with van der Waals surface area (Å²) in [5, 5.41) is 16.4. The molecule has 5 heterocycles. The second kappa shape index (κ2) is 6.60. The minimum Gasteiger partial charge on any atom is -0.414 e. The summed E-state index contributed by atoms with van der Waals surface area (Å²) in [5.41, 5.74) is 2.40. The molecule has 8 nitrogen and oxygen atoms in total. The molecule has 0 atom stereocenters. The molecule has 0 saturated heterocycles. The second-order valence-electron chi connectivity index (χ2n) is 5.95. The minimum absolute atomic E-state index is 0.0803. The van der Waals surface area contributed by atoms with Crippen LogP contribution in [-0.2, 0) is 6.54 Å². The maximum Gasteiger partial charge on any atom is 0.314 e. The molecule has 5 rings (SSSR count). The van der Waals surface area contributed by atoms with E-state index in [2.05, 4.69) is 30.5 Å². The topological polar surface area (TPSA) is 98.3 Å². The molecule has 0 unspecified atom stereocenters. The average molecular weight is 399 g/mol. The van der Waals surface area contributed by atoms with E-state index in [4.69, 9.17) is 4.42 Å². The van der Waals surface area contributed by atoms with Crippen molar-refractivity contribution in [3.63, 3.8) is 0 Å². The van der Waals surface area contributed by atoms with Gasteiger partial charge < -0.3 is 9.40 Å². The Labute approximate surface area is 159 Å². The predicted octanol–water partition coefficient (Wildman–Crippen LogP) is 3.92. The van der Waals surface area contributed by atoms with Crippen LogP contribution in [0.2, 0.25) is 0 Å². The molecule has 0 radical (unpaired) electrons. The number of thiophene rings is 1. The number of nitrogens with one attached hydrogen (secondary N) is 1. The molecule has 0 spiro atoms. The van der Waals surface area contributed by atoms with Crippen LogP contribution in [0.25, 0.3) is 33.1 Å². The number of pyridine rings is 1. The second-order valence-corrected chi connectivity index (χ2v) is 7.12. The number of hydrogen-bond donors (Lipinski definition) is 1. The Hall–Kier alpha value is -3.47. The van der Waals surface area contributed by atoms with Crippen LogP contribution in [0, 0.1) is 0 Å². The maximum absolute atomic E-state index is 12.6. The molecule has 28 heavy (non-hydrogen) atoms. The fourth-order valence-corrected chi connectivity index (χ4v) is 3.67. The lowest BCUT2D eigenvalue weighted by atomic mass is 10.2. The van der Waals surface area contributed by atoms with Crippen molar-refractivity contribution >= 4 is 22.4 Å². The van der Waals surface area contributed by atoms with Gasteiger partial charge >= 0.3 is 6.43 Å². The Morgan fingerprint density at radius 3 is 2.96 bits per heavy atom. The molecular formula is C17H11F2N7OS. The van der Waals surface area contributed by atoms with Gasteiger partial charge in [0.1, 0.15) is 11.3 Å². The first-order valence-corrected chi connectivity index (χ1v) is 9.01. The Bertz CT molecular complexity index is 1260. The fraction of sp³-hybridized carbons (Fsp3) is 0.118. The molecule has 0 bridgehead atoms. The van der Waals surface area contributed by atoms with Gasteiger partial charge in [-0.25, -0.2) is 9.67 Å². The summed E-state index contributed by atoms with van der Waals surface area (Å²) in [7, 11) is 0. The largest absolute Gasteiger partial charge is 0.414 e. The number of halogens is 2. The van der Waals surface area contributed by atoms with Crippen LogP contribution in [0.3, 0.4) is 0 Å². The molecule has 0 aliphatic rings. The van der Waals surface area contributed by atoms with Crippen LogP contribution < -0.4 is 0 Å². The third kappa shape index (κ3) is 3.05. The average Bonchev–Trinajstić information content (AvgIpc) is 3.47. The molecule has 5 aromatic rings. The molecule has 0 aliphatic heterocycles. The van der Waals surface area contributed by atoms with Gasteiger partial charge in [0.15, 0.2) is 0 Å². The van der Waals surface area contributed by atoms with E-state index in [1.807, 2.05) is 30.6 Å². The molecule has 0 aliphatic carbocycles. The van der Waals surface area contributed by atoms with Crippen molar-refractivity contribution in [2.24, 2.45) is 0 Å². The van der Waals surface area contributed by atoms with E-state index in [-0.39, 0.29) is 5.89 Å². The number of rotatable bonds is 5. The molecule has 11 heteroatoms. The number of alkyl halides is 2. The zero-order chi connectivity index (χ0) is 19.1. The fourth-order valence-electron chi connectivity index (χ4n) is 2.75. The van der Waals surface area contributed by atoms with Gasteiger partial charge in [0.2, 0.25) is 0 Å². The van der Waals surface area contributed by atoms with Crippen molar-refractivity contribution in [1.82, 2.24) is 35.2 Å². The van der Waals surface area contributed by atoms with E-state index in [1.165, 1.54) is 11.3 Å². The van der Waals surface area contributed by atoms with E-state index >= 15 is 0 Å². The summed E-state index contributed by atoms with van der Waals surface area (Å²) in [4.78, 5) is 8.97. The first-order chi connectivity index (χ1) is 13.7. The summed E-state index contributed by atoms with van der Waals surface area (Å²) in [6.45, 7) is 0.479. The summed E-state index contributed by atoms with van der Waals surface area (Å²) in [5.74, 6) is -0.601. The summed E-state index contributed by atoms with van der Waals surface area (Å²) < 4.78 is 31.8. The van der Waals surface area contributed by atoms with Gasteiger partial charge in [0.05, 0.1) is 17.6 Å². The van der Waals surface area contributed by atoms with Gasteiger partial charge in [-0.3, -0.25) is 0 Å². The third-order valence-corrected chi connectivity index (χ3v) is 5.11. The maximum atomic E-state index is 12.6. The summed E-state index contributed by atoms with van der Waals surface area (Å²) in [6.07, 6.45) is 2.62. The van der Waals surface area contributed by atoms with Gasteiger partial charge in [0, 0.05) is 28.2 Å². The van der Waals surface area contributed by atoms with Crippen LogP contribution in [0.15, 0.2) is 47.3 Å². The minimum atomic E-state index is -2.78. The standard InChI is InChI=1S/C17H11F2N7OS/c18-14(19)17-24-23-16(27-17)13-2-1-11(28-13)7-26-8-12(22-25-26)10-5-9-3-4-20-15(9)21-6-10/h1-6,8,14H,7H2,(H,20,21). The normalized spacial score (nSPS) is 11.7. The van der Waals surface area contributed by atoms with Crippen LogP contribution in [0.5, 0.6) is 0 Å². The molecule has 0 amide bonds. The van der Waals surface area contributed by atoms with Crippen molar-refractivity contribution in [2.75, 3.05) is 0 Å². The van der Waals surface area contributed by atoms with Crippen molar-refractivity contribution < 1.29 is 13.2 Å². The van der Waals surface area contributed by atoms with Crippen LogP contribution in [0.4, 0.5) is 8.78 Å². The highest BCUT2D eigenvalue weighted by molar-refractivity contribution is 7.15. The Kier molecular flexibility index (Phi) is 3.93. The molecule has 140 valence electrons. The van der Waals surface area contributed by atoms with Gasteiger partial charge in [0.25, 0.3) is 11.8 Å². The zero-order valence-electron chi connectivity index (χ0n) is 14.1. The lowest BCUT2D eigenvalue weighted by Crippen LogP contribution is -1.97. The number of hydrogen-bond acceptors (Lipinski definition) is 7. The highest BCUT2D eigenvalue weighted by Crippen LogP contribution is 2.29. The van der Waals surface area contributed by atoms with Gasteiger partial charge in [-0.05, 0) is 24.3 Å². The predicted molar refractivity (Wildman–Crippen MR) is 96.8 cm³/mol. The zero-order valence-corrected chi connectivity index (χ0v) is 14.9. The van der Waals surface area contributed by atoms with Gasteiger partial charge in [-0.1, -0.05) is 5.21 Å². The molecule has 0 fully saturated rings. The summed E-state index contributed by atoms with van der Waals surface area (Å²) >= 11 is 1.37. The Balaban J connectivity index is 1.35. The third-order valence-electron chi connectivity index (χ3n) is 4.05.